The zero-order chi connectivity index (χ0) is 17.5. The molecule has 0 heterocycles. The van der Waals surface area contributed by atoms with Gasteiger partial charge in [-0.15, -0.1) is 0 Å². The van der Waals surface area contributed by atoms with Crippen LogP contribution < -0.4 is 0 Å². The van der Waals surface area contributed by atoms with E-state index in [1.807, 2.05) is 43.3 Å². The van der Waals surface area contributed by atoms with Gasteiger partial charge >= 0.3 is 0 Å². The van der Waals surface area contributed by atoms with Gasteiger partial charge in [0, 0.05) is 22.0 Å². The first-order valence-corrected chi connectivity index (χ1v) is 8.46. The number of hydrogen-bond acceptors (Lipinski definition) is 3. The summed E-state index contributed by atoms with van der Waals surface area (Å²) in [5.74, 6) is 0.0936. The van der Waals surface area contributed by atoms with Gasteiger partial charge in [-0.25, -0.2) is 0 Å². The fourth-order valence-electron chi connectivity index (χ4n) is 2.31. The molecule has 0 radical (unpaired) electrons. The van der Waals surface area contributed by atoms with E-state index in [0.717, 1.165) is 22.4 Å². The lowest BCUT2D eigenvalue weighted by atomic mass is 9.98. The Balaban J connectivity index is 2.18. The third-order valence-electron chi connectivity index (χ3n) is 3.48. The van der Waals surface area contributed by atoms with Crippen molar-refractivity contribution in [3.8, 4) is 0 Å². The Labute approximate surface area is 152 Å². The van der Waals surface area contributed by atoms with Crippen LogP contribution in [0, 0.1) is 0 Å². The van der Waals surface area contributed by atoms with E-state index in [2.05, 4.69) is 5.16 Å². The zero-order valence-corrected chi connectivity index (χ0v) is 15.2. The van der Waals surface area contributed by atoms with E-state index in [0.29, 0.717) is 29.5 Å². The molecular formula is C19H19Cl2NO2. The Kier molecular flexibility index (Phi) is 6.83. The zero-order valence-electron chi connectivity index (χ0n) is 13.7. The molecule has 0 bridgehead atoms. The molecule has 0 fully saturated rings. The minimum atomic E-state index is 0.0936. The fourth-order valence-corrected chi connectivity index (χ4v) is 2.61. The van der Waals surface area contributed by atoms with Crippen LogP contribution in [-0.4, -0.2) is 11.5 Å². The van der Waals surface area contributed by atoms with Crippen molar-refractivity contribution in [2.75, 3.05) is 0 Å². The van der Waals surface area contributed by atoms with Crippen molar-refractivity contribution in [1.29, 1.82) is 0 Å². The van der Waals surface area contributed by atoms with Crippen LogP contribution in [0.1, 0.15) is 37.0 Å². The largest absolute Gasteiger partial charge is 0.391 e. The summed E-state index contributed by atoms with van der Waals surface area (Å²) in [5.41, 5.74) is 3.51. The van der Waals surface area contributed by atoms with Crippen molar-refractivity contribution < 1.29 is 9.63 Å². The Morgan fingerprint density at radius 2 is 1.75 bits per heavy atom. The molecule has 0 saturated carbocycles. The number of benzene rings is 2. The van der Waals surface area contributed by atoms with Crippen molar-refractivity contribution in [3.63, 3.8) is 0 Å². The average Bonchev–Trinajstić information content (AvgIpc) is 2.55. The maximum Gasteiger partial charge on any atom is 0.142 e. The first kappa shape index (κ1) is 18.5. The number of oxime groups is 1. The minimum absolute atomic E-state index is 0.0936. The lowest BCUT2D eigenvalue weighted by Gasteiger charge is -2.11. The maximum atomic E-state index is 11.5. The number of rotatable bonds is 7. The first-order chi connectivity index (χ1) is 11.5. The highest BCUT2D eigenvalue weighted by atomic mass is 35.5. The van der Waals surface area contributed by atoms with Gasteiger partial charge in [0.15, 0.2) is 0 Å². The van der Waals surface area contributed by atoms with Gasteiger partial charge in [0.1, 0.15) is 12.4 Å². The molecule has 0 spiro atoms. The highest BCUT2D eigenvalue weighted by Crippen LogP contribution is 2.20. The molecule has 0 atom stereocenters. The molecule has 0 N–H and O–H groups in total. The predicted molar refractivity (Wildman–Crippen MR) is 98.9 cm³/mol. The van der Waals surface area contributed by atoms with E-state index < -0.39 is 0 Å². The molecule has 0 aromatic heterocycles. The van der Waals surface area contributed by atoms with E-state index in [9.17, 15) is 4.79 Å². The van der Waals surface area contributed by atoms with Gasteiger partial charge in [-0.1, -0.05) is 53.5 Å². The third kappa shape index (κ3) is 5.36. The summed E-state index contributed by atoms with van der Waals surface area (Å²) < 4.78 is 0. The maximum absolute atomic E-state index is 11.5. The predicted octanol–water partition coefficient (Wildman–Crippen LogP) is 5.46. The van der Waals surface area contributed by atoms with Gasteiger partial charge in [0.05, 0.1) is 5.71 Å². The Bertz CT molecular complexity index is 740. The lowest BCUT2D eigenvalue weighted by Crippen LogP contribution is -2.08. The van der Waals surface area contributed by atoms with Gasteiger partial charge in [-0.05, 0) is 48.7 Å². The van der Waals surface area contributed by atoms with Crippen molar-refractivity contribution in [2.45, 2.75) is 33.3 Å². The van der Waals surface area contributed by atoms with Crippen LogP contribution >= 0.6 is 23.2 Å². The molecule has 2 aromatic carbocycles. The number of halogens is 2. The van der Waals surface area contributed by atoms with E-state index >= 15 is 0 Å². The van der Waals surface area contributed by atoms with Crippen LogP contribution in [-0.2, 0) is 22.7 Å². The number of carbonyl (C=O) groups excluding carboxylic acids is 1. The number of ketones is 1. The quantitative estimate of drug-likeness (QED) is 0.484. The molecular weight excluding hydrogens is 345 g/mol. The van der Waals surface area contributed by atoms with Crippen LogP contribution in [0.5, 0.6) is 0 Å². The second kappa shape index (κ2) is 8.86. The number of Topliss-reactive ketones (excluding diaryl/α,β-unsaturated/α-hetero) is 1. The monoisotopic (exact) mass is 363 g/mol. The summed E-state index contributed by atoms with van der Waals surface area (Å²) >= 11 is 12.0. The van der Waals surface area contributed by atoms with Crippen LogP contribution in [0.4, 0.5) is 0 Å². The van der Waals surface area contributed by atoms with E-state index in [1.165, 1.54) is 0 Å². The molecule has 126 valence electrons. The van der Waals surface area contributed by atoms with Gasteiger partial charge < -0.3 is 4.84 Å². The molecule has 0 aliphatic carbocycles. The van der Waals surface area contributed by atoms with Gasteiger partial charge in [-0.3, -0.25) is 4.79 Å². The Hall–Kier alpha value is -1.84. The fraction of sp³-hybridized carbons (Fsp3) is 0.263. The Morgan fingerprint density at radius 1 is 1.08 bits per heavy atom. The minimum Gasteiger partial charge on any atom is -0.391 e. The van der Waals surface area contributed by atoms with Crippen molar-refractivity contribution in [1.82, 2.24) is 0 Å². The van der Waals surface area contributed by atoms with Gasteiger partial charge in [-0.2, -0.15) is 0 Å². The second-order valence-electron chi connectivity index (χ2n) is 5.47. The number of carbonyl (C=O) groups is 1. The van der Waals surface area contributed by atoms with Crippen molar-refractivity contribution >= 4 is 34.7 Å². The highest BCUT2D eigenvalue weighted by molar-refractivity contribution is 6.31. The third-order valence-corrected chi connectivity index (χ3v) is 3.96. The molecule has 3 nitrogen and oxygen atoms in total. The smallest absolute Gasteiger partial charge is 0.142 e. The summed E-state index contributed by atoms with van der Waals surface area (Å²) in [6, 6.07) is 12.9. The summed E-state index contributed by atoms with van der Waals surface area (Å²) in [6.45, 7) is 3.91. The number of nitrogens with zero attached hydrogens (tertiary/aromatic N) is 1. The highest BCUT2D eigenvalue weighted by Gasteiger charge is 2.11. The summed E-state index contributed by atoms with van der Waals surface area (Å²) in [5, 5.41) is 5.55. The molecule has 24 heavy (non-hydrogen) atoms. The lowest BCUT2D eigenvalue weighted by molar-refractivity contribution is -0.116. The van der Waals surface area contributed by atoms with Crippen LogP contribution in [0.25, 0.3) is 0 Å². The molecule has 0 amide bonds. The topological polar surface area (TPSA) is 38.7 Å². The summed E-state index contributed by atoms with van der Waals surface area (Å²) in [6.07, 6.45) is 1.02. The van der Waals surface area contributed by atoms with Crippen molar-refractivity contribution in [3.05, 3.63) is 69.2 Å². The molecule has 0 aliphatic rings. The molecule has 0 saturated heterocycles. The standard InChI is InChI=1S/C19H19Cl2NO2/c1-3-19(22-24-12-14-4-7-16(20)8-5-14)18-11-17(21)9-6-15(18)10-13(2)23/h4-9,11H,3,10,12H2,1-2H3/b22-19-. The first-order valence-electron chi connectivity index (χ1n) is 7.71. The van der Waals surface area contributed by atoms with Crippen LogP contribution in [0.15, 0.2) is 47.6 Å². The summed E-state index contributed by atoms with van der Waals surface area (Å²) in [7, 11) is 0. The SMILES string of the molecule is CC/C(=N/OCc1ccc(Cl)cc1)c1cc(Cl)ccc1CC(C)=O. The molecule has 2 rings (SSSR count). The summed E-state index contributed by atoms with van der Waals surface area (Å²) in [4.78, 5) is 17.0. The Morgan fingerprint density at radius 3 is 2.38 bits per heavy atom. The number of hydrogen-bond donors (Lipinski definition) is 0. The molecule has 5 heteroatoms. The van der Waals surface area contributed by atoms with Crippen molar-refractivity contribution in [2.24, 2.45) is 5.16 Å². The molecule has 0 unspecified atom stereocenters. The molecule has 0 aliphatic heterocycles. The van der Waals surface area contributed by atoms with E-state index in [4.69, 9.17) is 28.0 Å². The van der Waals surface area contributed by atoms with Crippen LogP contribution in [0.2, 0.25) is 10.0 Å². The van der Waals surface area contributed by atoms with E-state index in [1.54, 1.807) is 13.0 Å². The van der Waals surface area contributed by atoms with Crippen LogP contribution in [0.3, 0.4) is 0 Å². The van der Waals surface area contributed by atoms with Gasteiger partial charge in [0.2, 0.25) is 0 Å². The second-order valence-corrected chi connectivity index (χ2v) is 6.34. The van der Waals surface area contributed by atoms with E-state index in [-0.39, 0.29) is 5.78 Å². The normalized spacial score (nSPS) is 11.4. The van der Waals surface area contributed by atoms with Gasteiger partial charge in [0.25, 0.3) is 0 Å². The molecule has 2 aromatic rings. The average molecular weight is 364 g/mol.